The Labute approximate surface area is 112 Å². The zero-order chi connectivity index (χ0) is 13.0. The standard InChI is InChI=1S/C12H20N4OS/c1-9-8-18-12(14-9)15-11(17)7-16(2)6-10-4-3-5-13-10/h8,10,13H,3-7H2,1-2H3,(H,14,15,17). The lowest BCUT2D eigenvalue weighted by atomic mass is 10.2. The summed E-state index contributed by atoms with van der Waals surface area (Å²) in [4.78, 5) is 18.1. The highest BCUT2D eigenvalue weighted by Crippen LogP contribution is 2.14. The van der Waals surface area contributed by atoms with Crippen molar-refractivity contribution in [3.63, 3.8) is 0 Å². The van der Waals surface area contributed by atoms with Crippen LogP contribution in [0.5, 0.6) is 0 Å². The number of nitrogens with one attached hydrogen (secondary N) is 2. The lowest BCUT2D eigenvalue weighted by Gasteiger charge is -2.20. The quantitative estimate of drug-likeness (QED) is 0.839. The Balaban J connectivity index is 1.72. The SMILES string of the molecule is Cc1csc(NC(=O)CN(C)CC2CCCN2)n1. The van der Waals surface area contributed by atoms with E-state index >= 15 is 0 Å². The molecular weight excluding hydrogens is 248 g/mol. The molecule has 1 saturated heterocycles. The van der Waals surface area contributed by atoms with Crippen LogP contribution in [0, 0.1) is 6.92 Å². The number of carbonyl (C=O) groups excluding carboxylic acids is 1. The van der Waals surface area contributed by atoms with Gasteiger partial charge in [0.25, 0.3) is 0 Å². The number of nitrogens with zero attached hydrogens (tertiary/aromatic N) is 2. The molecule has 1 fully saturated rings. The minimum atomic E-state index is 0.00449. The monoisotopic (exact) mass is 268 g/mol. The fraction of sp³-hybridized carbons (Fsp3) is 0.667. The van der Waals surface area contributed by atoms with Gasteiger partial charge >= 0.3 is 0 Å². The van der Waals surface area contributed by atoms with Gasteiger partial charge in [0.1, 0.15) is 0 Å². The molecule has 100 valence electrons. The molecule has 1 aliphatic heterocycles. The molecule has 0 radical (unpaired) electrons. The number of aromatic nitrogens is 1. The maximum absolute atomic E-state index is 11.8. The van der Waals surface area contributed by atoms with E-state index in [1.54, 1.807) is 0 Å². The minimum Gasteiger partial charge on any atom is -0.313 e. The van der Waals surface area contributed by atoms with Gasteiger partial charge in [-0.2, -0.15) is 0 Å². The highest BCUT2D eigenvalue weighted by molar-refractivity contribution is 7.13. The molecular formula is C12H20N4OS. The number of rotatable bonds is 5. The first-order chi connectivity index (χ1) is 8.63. The molecule has 0 bridgehead atoms. The smallest absolute Gasteiger partial charge is 0.240 e. The molecule has 0 aliphatic carbocycles. The maximum atomic E-state index is 11.8. The second-order valence-corrected chi connectivity index (χ2v) is 5.69. The summed E-state index contributed by atoms with van der Waals surface area (Å²) in [6, 6.07) is 0.532. The summed E-state index contributed by atoms with van der Waals surface area (Å²) in [6.45, 7) is 4.36. The van der Waals surface area contributed by atoms with Gasteiger partial charge < -0.3 is 10.6 Å². The third kappa shape index (κ3) is 4.04. The molecule has 1 atom stereocenters. The Bertz CT molecular complexity index is 401. The number of hydrogen-bond donors (Lipinski definition) is 2. The van der Waals surface area contributed by atoms with Crippen LogP contribution in [0.2, 0.25) is 0 Å². The topological polar surface area (TPSA) is 57.3 Å². The molecule has 2 rings (SSSR count). The number of anilines is 1. The van der Waals surface area contributed by atoms with Crippen molar-refractivity contribution >= 4 is 22.4 Å². The fourth-order valence-electron chi connectivity index (χ4n) is 2.17. The van der Waals surface area contributed by atoms with Crippen LogP contribution < -0.4 is 10.6 Å². The van der Waals surface area contributed by atoms with Gasteiger partial charge in [0.15, 0.2) is 5.13 Å². The Morgan fingerprint density at radius 2 is 2.56 bits per heavy atom. The predicted octanol–water partition coefficient (Wildman–Crippen LogP) is 1.07. The van der Waals surface area contributed by atoms with Crippen molar-refractivity contribution in [3.8, 4) is 0 Å². The number of amides is 1. The maximum Gasteiger partial charge on any atom is 0.240 e. The molecule has 1 unspecified atom stereocenters. The number of carbonyl (C=O) groups is 1. The number of aryl methyl sites for hydroxylation is 1. The van der Waals surface area contributed by atoms with E-state index in [4.69, 9.17) is 0 Å². The molecule has 6 heteroatoms. The average molecular weight is 268 g/mol. The first kappa shape index (κ1) is 13.5. The van der Waals surface area contributed by atoms with Crippen LogP contribution in [0.15, 0.2) is 5.38 Å². The minimum absolute atomic E-state index is 0.00449. The molecule has 1 amide bonds. The molecule has 0 aromatic carbocycles. The first-order valence-electron chi connectivity index (χ1n) is 6.27. The van der Waals surface area contributed by atoms with E-state index in [-0.39, 0.29) is 5.91 Å². The van der Waals surface area contributed by atoms with Crippen molar-refractivity contribution in [1.82, 2.24) is 15.2 Å². The van der Waals surface area contributed by atoms with Crippen LogP contribution in [0.4, 0.5) is 5.13 Å². The Morgan fingerprint density at radius 1 is 1.72 bits per heavy atom. The molecule has 2 heterocycles. The highest BCUT2D eigenvalue weighted by atomic mass is 32.1. The van der Waals surface area contributed by atoms with Crippen molar-refractivity contribution in [3.05, 3.63) is 11.1 Å². The summed E-state index contributed by atoms with van der Waals surface area (Å²) in [6.07, 6.45) is 2.45. The highest BCUT2D eigenvalue weighted by Gasteiger charge is 2.17. The lowest BCUT2D eigenvalue weighted by Crippen LogP contribution is -2.39. The molecule has 18 heavy (non-hydrogen) atoms. The van der Waals surface area contributed by atoms with Crippen LogP contribution in [-0.2, 0) is 4.79 Å². The van der Waals surface area contributed by atoms with Crippen LogP contribution in [0.25, 0.3) is 0 Å². The van der Waals surface area contributed by atoms with E-state index in [0.717, 1.165) is 18.8 Å². The third-order valence-electron chi connectivity index (χ3n) is 2.97. The average Bonchev–Trinajstić information content (AvgIpc) is 2.90. The van der Waals surface area contributed by atoms with Gasteiger partial charge in [-0.1, -0.05) is 0 Å². The molecule has 0 spiro atoms. The molecule has 1 aliphatic rings. The second-order valence-electron chi connectivity index (χ2n) is 4.83. The van der Waals surface area contributed by atoms with Gasteiger partial charge in [-0.3, -0.25) is 9.69 Å². The second kappa shape index (κ2) is 6.26. The van der Waals surface area contributed by atoms with Gasteiger partial charge in [0, 0.05) is 18.0 Å². The number of likely N-dealkylation sites (N-methyl/N-ethyl adjacent to an activating group) is 1. The van der Waals surface area contributed by atoms with E-state index < -0.39 is 0 Å². The molecule has 0 saturated carbocycles. The van der Waals surface area contributed by atoms with Gasteiger partial charge in [0.2, 0.25) is 5.91 Å². The van der Waals surface area contributed by atoms with Gasteiger partial charge in [0.05, 0.1) is 12.2 Å². The van der Waals surface area contributed by atoms with E-state index in [1.165, 1.54) is 24.2 Å². The van der Waals surface area contributed by atoms with Crippen molar-refractivity contribution in [2.24, 2.45) is 0 Å². The van der Waals surface area contributed by atoms with Crippen molar-refractivity contribution in [1.29, 1.82) is 0 Å². The summed E-state index contributed by atoms with van der Waals surface area (Å²) >= 11 is 1.46. The van der Waals surface area contributed by atoms with E-state index in [0.29, 0.717) is 17.7 Å². The number of hydrogen-bond acceptors (Lipinski definition) is 5. The largest absolute Gasteiger partial charge is 0.313 e. The molecule has 1 aromatic heterocycles. The molecule has 5 nitrogen and oxygen atoms in total. The normalized spacial score (nSPS) is 19.4. The van der Waals surface area contributed by atoms with E-state index in [1.807, 2.05) is 19.4 Å². The summed E-state index contributed by atoms with van der Waals surface area (Å²) < 4.78 is 0. The van der Waals surface area contributed by atoms with Gasteiger partial charge in [-0.25, -0.2) is 4.98 Å². The zero-order valence-corrected chi connectivity index (χ0v) is 11.7. The Morgan fingerprint density at radius 3 is 3.17 bits per heavy atom. The van der Waals surface area contributed by atoms with E-state index in [2.05, 4.69) is 20.5 Å². The summed E-state index contributed by atoms with van der Waals surface area (Å²) in [5.74, 6) is 0.00449. The van der Waals surface area contributed by atoms with Gasteiger partial charge in [-0.15, -0.1) is 11.3 Å². The fourth-order valence-corrected chi connectivity index (χ4v) is 2.87. The van der Waals surface area contributed by atoms with Crippen LogP contribution in [-0.4, -0.2) is 48.5 Å². The Hall–Kier alpha value is -0.980. The van der Waals surface area contributed by atoms with Crippen molar-refractivity contribution < 1.29 is 4.79 Å². The molecule has 2 N–H and O–H groups in total. The summed E-state index contributed by atoms with van der Waals surface area (Å²) in [5.41, 5.74) is 0.943. The van der Waals surface area contributed by atoms with Crippen LogP contribution in [0.1, 0.15) is 18.5 Å². The zero-order valence-electron chi connectivity index (χ0n) is 10.9. The van der Waals surface area contributed by atoms with Crippen molar-refractivity contribution in [2.45, 2.75) is 25.8 Å². The van der Waals surface area contributed by atoms with Crippen molar-refractivity contribution in [2.75, 3.05) is 32.0 Å². The predicted molar refractivity (Wildman–Crippen MR) is 74.0 cm³/mol. The summed E-state index contributed by atoms with van der Waals surface area (Å²) in [5, 5.41) is 8.87. The van der Waals surface area contributed by atoms with Crippen LogP contribution >= 0.6 is 11.3 Å². The number of thiazole rings is 1. The Kier molecular flexibility index (Phi) is 4.68. The van der Waals surface area contributed by atoms with Gasteiger partial charge in [-0.05, 0) is 33.4 Å². The summed E-state index contributed by atoms with van der Waals surface area (Å²) in [7, 11) is 1.98. The van der Waals surface area contributed by atoms with E-state index in [9.17, 15) is 4.79 Å². The third-order valence-corrected chi connectivity index (χ3v) is 3.85. The lowest BCUT2D eigenvalue weighted by molar-refractivity contribution is -0.117. The van der Waals surface area contributed by atoms with Crippen LogP contribution in [0.3, 0.4) is 0 Å². The molecule has 1 aromatic rings. The first-order valence-corrected chi connectivity index (χ1v) is 7.15.